The van der Waals surface area contributed by atoms with Gasteiger partial charge in [0.1, 0.15) is 0 Å². The Morgan fingerprint density at radius 1 is 1.25 bits per heavy atom. The minimum atomic E-state index is -0.310. The number of carbonyl (C=O) groups excluding carboxylic acids is 2. The molecule has 0 radical (unpaired) electrons. The van der Waals surface area contributed by atoms with Crippen molar-refractivity contribution in [3.63, 3.8) is 0 Å². The van der Waals surface area contributed by atoms with E-state index in [4.69, 9.17) is 0 Å². The molecule has 4 heteroatoms. The summed E-state index contributed by atoms with van der Waals surface area (Å²) in [6, 6.07) is 5.98. The molecule has 0 saturated carbocycles. The molecule has 1 aliphatic heterocycles. The Morgan fingerprint density at radius 2 is 2.00 bits per heavy atom. The number of amides is 2. The third kappa shape index (κ3) is 2.17. The maximum Gasteiger partial charge on any atom is 0.290 e. The molecular formula is C12H11NO2S. The van der Waals surface area contributed by atoms with Crippen LogP contribution in [0.2, 0.25) is 0 Å². The molecule has 3 nitrogen and oxygen atoms in total. The van der Waals surface area contributed by atoms with E-state index in [1.807, 2.05) is 32.0 Å². The SMILES string of the molecule is Cc1ccc(/C=C2/SC(=O)NC2=O)c(C)c1. The molecule has 1 heterocycles. The monoisotopic (exact) mass is 233 g/mol. The number of hydrogen-bond acceptors (Lipinski definition) is 3. The fraction of sp³-hybridized carbons (Fsp3) is 0.167. The van der Waals surface area contributed by atoms with E-state index in [0.717, 1.165) is 22.9 Å². The highest BCUT2D eigenvalue weighted by atomic mass is 32.2. The van der Waals surface area contributed by atoms with Gasteiger partial charge in [0.25, 0.3) is 11.1 Å². The molecule has 0 atom stereocenters. The van der Waals surface area contributed by atoms with E-state index in [9.17, 15) is 9.59 Å². The standard InChI is InChI=1S/C12H11NO2S/c1-7-3-4-9(8(2)5-7)6-10-11(14)13-12(15)16-10/h3-6H,1-2H3,(H,13,14,15)/b10-6+. The Kier molecular flexibility index (Phi) is 2.83. The summed E-state index contributed by atoms with van der Waals surface area (Å²) in [5.41, 5.74) is 3.25. The highest BCUT2D eigenvalue weighted by Crippen LogP contribution is 2.26. The van der Waals surface area contributed by atoms with Crippen LogP contribution in [0.25, 0.3) is 6.08 Å². The molecule has 1 aliphatic rings. The summed E-state index contributed by atoms with van der Waals surface area (Å²) in [4.78, 5) is 22.8. The van der Waals surface area contributed by atoms with E-state index < -0.39 is 0 Å². The van der Waals surface area contributed by atoms with Crippen molar-refractivity contribution in [3.05, 3.63) is 39.8 Å². The van der Waals surface area contributed by atoms with Crippen LogP contribution >= 0.6 is 11.8 Å². The van der Waals surface area contributed by atoms with Crippen LogP contribution in [-0.4, -0.2) is 11.1 Å². The number of hydrogen-bond donors (Lipinski definition) is 1. The van der Waals surface area contributed by atoms with Crippen molar-refractivity contribution in [3.8, 4) is 0 Å². The summed E-state index contributed by atoms with van der Waals surface area (Å²) >= 11 is 0.943. The lowest BCUT2D eigenvalue weighted by molar-refractivity contribution is -0.115. The Hall–Kier alpha value is -1.55. The zero-order valence-corrected chi connectivity index (χ0v) is 9.85. The first-order chi connectivity index (χ1) is 7.56. The van der Waals surface area contributed by atoms with Crippen molar-refractivity contribution in [2.75, 3.05) is 0 Å². The molecule has 0 spiro atoms. The van der Waals surface area contributed by atoms with Crippen molar-refractivity contribution < 1.29 is 9.59 Å². The second-order valence-electron chi connectivity index (χ2n) is 3.71. The van der Waals surface area contributed by atoms with E-state index >= 15 is 0 Å². The van der Waals surface area contributed by atoms with E-state index in [2.05, 4.69) is 5.32 Å². The van der Waals surface area contributed by atoms with Gasteiger partial charge >= 0.3 is 0 Å². The highest BCUT2D eigenvalue weighted by Gasteiger charge is 2.24. The molecule has 0 aliphatic carbocycles. The number of nitrogens with one attached hydrogen (secondary N) is 1. The van der Waals surface area contributed by atoms with Gasteiger partial charge in [0, 0.05) is 0 Å². The van der Waals surface area contributed by atoms with Crippen LogP contribution in [0.4, 0.5) is 4.79 Å². The lowest BCUT2D eigenvalue weighted by Crippen LogP contribution is -2.17. The molecule has 1 saturated heterocycles. The van der Waals surface area contributed by atoms with E-state index in [1.54, 1.807) is 6.08 Å². The quantitative estimate of drug-likeness (QED) is 0.758. The normalized spacial score (nSPS) is 18.0. The second-order valence-corrected chi connectivity index (χ2v) is 4.73. The Morgan fingerprint density at radius 3 is 2.56 bits per heavy atom. The summed E-state index contributed by atoms with van der Waals surface area (Å²) in [5.74, 6) is -0.310. The topological polar surface area (TPSA) is 46.2 Å². The number of aryl methyl sites for hydroxylation is 2. The third-order valence-electron chi connectivity index (χ3n) is 2.35. The largest absolute Gasteiger partial charge is 0.290 e. The summed E-state index contributed by atoms with van der Waals surface area (Å²) < 4.78 is 0. The molecule has 2 amide bonds. The highest BCUT2D eigenvalue weighted by molar-refractivity contribution is 8.18. The first kappa shape index (κ1) is 11.0. The maximum atomic E-state index is 11.3. The number of thioether (sulfide) groups is 1. The molecule has 0 bridgehead atoms. The molecule has 1 aromatic rings. The van der Waals surface area contributed by atoms with Crippen LogP contribution in [0.1, 0.15) is 16.7 Å². The number of benzene rings is 1. The molecule has 2 rings (SSSR count). The molecule has 1 N–H and O–H groups in total. The average Bonchev–Trinajstić information content (AvgIpc) is 2.50. The smallest absolute Gasteiger partial charge is 0.282 e. The minimum absolute atomic E-state index is 0.305. The van der Waals surface area contributed by atoms with Crippen LogP contribution in [0.5, 0.6) is 0 Å². The van der Waals surface area contributed by atoms with Crippen LogP contribution in [0.15, 0.2) is 23.1 Å². The third-order valence-corrected chi connectivity index (χ3v) is 3.16. The van der Waals surface area contributed by atoms with Gasteiger partial charge in [-0.25, -0.2) is 0 Å². The van der Waals surface area contributed by atoms with Gasteiger partial charge in [-0.2, -0.15) is 0 Å². The van der Waals surface area contributed by atoms with Crippen molar-refractivity contribution in [1.29, 1.82) is 0 Å². The lowest BCUT2D eigenvalue weighted by Gasteiger charge is -2.02. The number of carbonyl (C=O) groups is 2. The summed E-state index contributed by atoms with van der Waals surface area (Å²) in [6.45, 7) is 4.00. The van der Waals surface area contributed by atoms with Crippen molar-refractivity contribution in [1.82, 2.24) is 5.32 Å². The Bertz CT molecular complexity index is 506. The van der Waals surface area contributed by atoms with Gasteiger partial charge in [0.05, 0.1) is 4.91 Å². The summed E-state index contributed by atoms with van der Waals surface area (Å²) in [6.07, 6.45) is 1.75. The predicted octanol–water partition coefficient (Wildman–Crippen LogP) is 2.63. The van der Waals surface area contributed by atoms with E-state index in [0.29, 0.717) is 4.91 Å². The summed E-state index contributed by atoms with van der Waals surface area (Å²) in [7, 11) is 0. The maximum absolute atomic E-state index is 11.3. The van der Waals surface area contributed by atoms with Crippen LogP contribution in [0.3, 0.4) is 0 Å². The fourth-order valence-electron chi connectivity index (χ4n) is 1.55. The van der Waals surface area contributed by atoms with Crippen LogP contribution < -0.4 is 5.32 Å². The van der Waals surface area contributed by atoms with Gasteiger partial charge in [0.15, 0.2) is 0 Å². The molecule has 1 aromatic carbocycles. The lowest BCUT2D eigenvalue weighted by atomic mass is 10.1. The molecule has 0 aromatic heterocycles. The van der Waals surface area contributed by atoms with Gasteiger partial charge in [0.2, 0.25) is 0 Å². The molecular weight excluding hydrogens is 222 g/mol. The van der Waals surface area contributed by atoms with E-state index in [1.165, 1.54) is 5.56 Å². The predicted molar refractivity (Wildman–Crippen MR) is 65.0 cm³/mol. The van der Waals surface area contributed by atoms with E-state index in [-0.39, 0.29) is 11.1 Å². The van der Waals surface area contributed by atoms with Gasteiger partial charge in [-0.05, 0) is 42.8 Å². The molecule has 16 heavy (non-hydrogen) atoms. The molecule has 1 fully saturated rings. The average molecular weight is 233 g/mol. The van der Waals surface area contributed by atoms with Crippen molar-refractivity contribution >= 4 is 29.0 Å². The van der Waals surface area contributed by atoms with Gasteiger partial charge in [-0.15, -0.1) is 0 Å². The zero-order valence-electron chi connectivity index (χ0n) is 9.03. The number of imide groups is 1. The van der Waals surface area contributed by atoms with Crippen molar-refractivity contribution in [2.24, 2.45) is 0 Å². The van der Waals surface area contributed by atoms with Crippen LogP contribution in [0, 0.1) is 13.8 Å². The minimum Gasteiger partial charge on any atom is -0.282 e. The van der Waals surface area contributed by atoms with Gasteiger partial charge in [-0.3, -0.25) is 14.9 Å². The fourth-order valence-corrected chi connectivity index (χ4v) is 2.22. The first-order valence-electron chi connectivity index (χ1n) is 4.88. The molecule has 82 valence electrons. The number of rotatable bonds is 1. The van der Waals surface area contributed by atoms with Crippen molar-refractivity contribution in [2.45, 2.75) is 13.8 Å². The Balaban J connectivity index is 2.36. The first-order valence-corrected chi connectivity index (χ1v) is 5.70. The van der Waals surface area contributed by atoms with Gasteiger partial charge in [-0.1, -0.05) is 23.8 Å². The second kappa shape index (κ2) is 4.14. The summed E-state index contributed by atoms with van der Waals surface area (Å²) in [5, 5.41) is 1.93. The Labute approximate surface area is 97.9 Å². The zero-order chi connectivity index (χ0) is 11.7. The van der Waals surface area contributed by atoms with Crippen LogP contribution in [-0.2, 0) is 4.79 Å². The van der Waals surface area contributed by atoms with Gasteiger partial charge < -0.3 is 0 Å². The molecule has 0 unspecified atom stereocenters.